The molecular formula is C14H27NO4Si. The van der Waals surface area contributed by atoms with Gasteiger partial charge in [0.15, 0.2) is 14.6 Å². The van der Waals surface area contributed by atoms with Crippen LogP contribution in [0.1, 0.15) is 27.2 Å². The third kappa shape index (κ3) is 5.56. The van der Waals surface area contributed by atoms with Gasteiger partial charge in [-0.25, -0.2) is 5.06 Å². The summed E-state index contributed by atoms with van der Waals surface area (Å²) in [6.45, 7) is 7.07. The SMILES string of the molecule is CC[Si](CC)(CC)OCC/C=C(/C=O)C(=O)N(C)OC. The summed E-state index contributed by atoms with van der Waals surface area (Å²) in [4.78, 5) is 27.4. The van der Waals surface area contributed by atoms with Gasteiger partial charge in [0, 0.05) is 13.7 Å². The van der Waals surface area contributed by atoms with E-state index in [1.165, 1.54) is 14.2 Å². The highest BCUT2D eigenvalue weighted by Gasteiger charge is 2.28. The molecule has 6 heteroatoms. The first-order chi connectivity index (χ1) is 9.50. The second-order valence-electron chi connectivity index (χ2n) is 4.64. The number of hydroxylamine groups is 2. The molecule has 0 atom stereocenters. The number of likely N-dealkylation sites (N-methyl/N-ethyl adjacent to an activating group) is 1. The van der Waals surface area contributed by atoms with Crippen molar-refractivity contribution < 1.29 is 18.9 Å². The summed E-state index contributed by atoms with van der Waals surface area (Å²) in [6, 6.07) is 3.28. The lowest BCUT2D eigenvalue weighted by Crippen LogP contribution is -2.36. The van der Waals surface area contributed by atoms with Crippen LogP contribution in [0, 0.1) is 0 Å². The highest BCUT2D eigenvalue weighted by Crippen LogP contribution is 2.21. The molecule has 0 radical (unpaired) electrons. The normalized spacial score (nSPS) is 12.3. The van der Waals surface area contributed by atoms with Gasteiger partial charge in [-0.05, 0) is 24.6 Å². The summed E-state index contributed by atoms with van der Waals surface area (Å²) in [5.41, 5.74) is 0.106. The van der Waals surface area contributed by atoms with E-state index >= 15 is 0 Å². The number of rotatable bonds is 10. The van der Waals surface area contributed by atoms with Crippen LogP contribution in [0.4, 0.5) is 0 Å². The van der Waals surface area contributed by atoms with Crippen LogP contribution in [0.2, 0.25) is 18.1 Å². The molecule has 0 saturated heterocycles. The van der Waals surface area contributed by atoms with Gasteiger partial charge in [-0.3, -0.25) is 14.4 Å². The lowest BCUT2D eigenvalue weighted by atomic mass is 10.2. The van der Waals surface area contributed by atoms with Gasteiger partial charge in [-0.2, -0.15) is 0 Å². The van der Waals surface area contributed by atoms with E-state index in [0.29, 0.717) is 19.3 Å². The van der Waals surface area contributed by atoms with E-state index < -0.39 is 14.2 Å². The molecule has 0 rings (SSSR count). The van der Waals surface area contributed by atoms with Crippen molar-refractivity contribution in [1.29, 1.82) is 0 Å². The molecular weight excluding hydrogens is 274 g/mol. The summed E-state index contributed by atoms with van der Waals surface area (Å²) in [6.07, 6.45) is 2.74. The predicted octanol–water partition coefficient (Wildman–Crippen LogP) is 2.54. The number of hydrogen-bond acceptors (Lipinski definition) is 4. The zero-order chi connectivity index (χ0) is 15.6. The largest absolute Gasteiger partial charge is 0.417 e. The Kier molecular flexibility index (Phi) is 9.36. The van der Waals surface area contributed by atoms with Crippen molar-refractivity contribution >= 4 is 20.5 Å². The third-order valence-corrected chi connectivity index (χ3v) is 8.44. The summed E-state index contributed by atoms with van der Waals surface area (Å²) in [7, 11) is 1.26. The number of amides is 1. The highest BCUT2D eigenvalue weighted by molar-refractivity contribution is 6.73. The Hall–Kier alpha value is -0.983. The number of aldehydes is 1. The maximum absolute atomic E-state index is 11.7. The first-order valence-corrected chi connectivity index (χ1v) is 9.64. The van der Waals surface area contributed by atoms with Gasteiger partial charge in [0.2, 0.25) is 0 Å². The molecule has 0 aliphatic rings. The van der Waals surface area contributed by atoms with Crippen molar-refractivity contribution in [2.24, 2.45) is 0 Å². The number of hydrogen-bond donors (Lipinski definition) is 0. The third-order valence-electron chi connectivity index (χ3n) is 3.76. The Labute approximate surface area is 123 Å². The predicted molar refractivity (Wildman–Crippen MR) is 81.7 cm³/mol. The lowest BCUT2D eigenvalue weighted by molar-refractivity contribution is -0.164. The Balaban J connectivity index is 4.47. The minimum absolute atomic E-state index is 0.106. The van der Waals surface area contributed by atoms with Gasteiger partial charge >= 0.3 is 0 Å². The van der Waals surface area contributed by atoms with E-state index in [-0.39, 0.29) is 5.57 Å². The van der Waals surface area contributed by atoms with Crippen LogP contribution in [0.25, 0.3) is 0 Å². The molecule has 20 heavy (non-hydrogen) atoms. The highest BCUT2D eigenvalue weighted by atomic mass is 28.4. The smallest absolute Gasteiger partial charge is 0.280 e. The summed E-state index contributed by atoms with van der Waals surface area (Å²) in [5, 5.41) is 1.03. The van der Waals surface area contributed by atoms with Crippen LogP contribution < -0.4 is 0 Å². The van der Waals surface area contributed by atoms with Crippen LogP contribution in [-0.2, 0) is 18.9 Å². The van der Waals surface area contributed by atoms with Crippen molar-refractivity contribution in [1.82, 2.24) is 5.06 Å². The van der Waals surface area contributed by atoms with Gasteiger partial charge in [-0.1, -0.05) is 26.8 Å². The number of carbonyl (C=O) groups excluding carboxylic acids is 2. The first kappa shape index (κ1) is 19.0. The van der Waals surface area contributed by atoms with Crippen LogP contribution in [0.3, 0.4) is 0 Å². The van der Waals surface area contributed by atoms with E-state index in [1.54, 1.807) is 6.08 Å². The molecule has 0 aliphatic carbocycles. The fourth-order valence-electron chi connectivity index (χ4n) is 2.00. The number of carbonyl (C=O) groups is 2. The molecule has 116 valence electrons. The van der Waals surface area contributed by atoms with Crippen molar-refractivity contribution in [2.45, 2.75) is 45.3 Å². The van der Waals surface area contributed by atoms with Crippen molar-refractivity contribution in [3.63, 3.8) is 0 Å². The van der Waals surface area contributed by atoms with E-state index in [1.807, 2.05) is 0 Å². The van der Waals surface area contributed by atoms with Crippen LogP contribution in [-0.4, -0.2) is 46.3 Å². The lowest BCUT2D eigenvalue weighted by Gasteiger charge is -2.27. The molecule has 0 unspecified atom stereocenters. The number of nitrogens with zero attached hydrogens (tertiary/aromatic N) is 1. The average Bonchev–Trinajstić information content (AvgIpc) is 2.50. The Bertz CT molecular complexity index is 332. The first-order valence-electron chi connectivity index (χ1n) is 7.11. The summed E-state index contributed by atoms with van der Waals surface area (Å²) >= 11 is 0. The Morgan fingerprint density at radius 2 is 1.75 bits per heavy atom. The van der Waals surface area contributed by atoms with Crippen LogP contribution in [0.5, 0.6) is 0 Å². The molecule has 0 fully saturated rings. The second kappa shape index (κ2) is 9.85. The van der Waals surface area contributed by atoms with Crippen LogP contribution in [0.15, 0.2) is 11.6 Å². The second-order valence-corrected chi connectivity index (χ2v) is 9.42. The van der Waals surface area contributed by atoms with Crippen LogP contribution >= 0.6 is 0 Å². The molecule has 0 saturated carbocycles. The molecule has 0 aliphatic heterocycles. The minimum Gasteiger partial charge on any atom is -0.417 e. The quantitative estimate of drug-likeness (QED) is 0.118. The molecule has 0 heterocycles. The van der Waals surface area contributed by atoms with Gasteiger partial charge in [0.05, 0.1) is 12.7 Å². The molecule has 0 aromatic rings. The van der Waals surface area contributed by atoms with Gasteiger partial charge in [0.1, 0.15) is 0 Å². The monoisotopic (exact) mass is 301 g/mol. The molecule has 0 spiro atoms. The average molecular weight is 301 g/mol. The molecule has 1 amide bonds. The molecule has 0 N–H and O–H groups in total. The fourth-order valence-corrected chi connectivity index (χ4v) is 4.66. The fraction of sp³-hybridized carbons (Fsp3) is 0.714. The van der Waals surface area contributed by atoms with Gasteiger partial charge in [0.25, 0.3) is 5.91 Å². The van der Waals surface area contributed by atoms with Crippen molar-refractivity contribution in [3.05, 3.63) is 11.6 Å². The minimum atomic E-state index is -1.59. The Morgan fingerprint density at radius 3 is 2.15 bits per heavy atom. The van der Waals surface area contributed by atoms with E-state index in [2.05, 4.69) is 20.8 Å². The zero-order valence-electron chi connectivity index (χ0n) is 13.3. The summed E-state index contributed by atoms with van der Waals surface area (Å²) < 4.78 is 6.06. The van der Waals surface area contributed by atoms with E-state index in [4.69, 9.17) is 9.26 Å². The standard InChI is InChI=1S/C14H27NO4Si/c1-6-20(7-2,8-3)19-11-9-10-13(12-16)14(17)15(4)18-5/h10,12H,6-9,11H2,1-5H3/b13-10-. The molecule has 0 bridgehead atoms. The zero-order valence-corrected chi connectivity index (χ0v) is 14.3. The molecule has 0 aromatic carbocycles. The van der Waals surface area contributed by atoms with Gasteiger partial charge < -0.3 is 4.43 Å². The Morgan fingerprint density at radius 1 is 1.20 bits per heavy atom. The topological polar surface area (TPSA) is 55.8 Å². The maximum Gasteiger partial charge on any atom is 0.280 e. The molecule has 0 aromatic heterocycles. The van der Waals surface area contributed by atoms with E-state index in [0.717, 1.165) is 23.2 Å². The molecule has 5 nitrogen and oxygen atoms in total. The summed E-state index contributed by atoms with van der Waals surface area (Å²) in [5.74, 6) is -0.438. The van der Waals surface area contributed by atoms with Crippen molar-refractivity contribution in [3.8, 4) is 0 Å². The van der Waals surface area contributed by atoms with Gasteiger partial charge in [-0.15, -0.1) is 0 Å². The van der Waals surface area contributed by atoms with Crippen molar-refractivity contribution in [2.75, 3.05) is 20.8 Å². The maximum atomic E-state index is 11.7. The van der Waals surface area contributed by atoms with E-state index in [9.17, 15) is 9.59 Å².